The summed E-state index contributed by atoms with van der Waals surface area (Å²) in [7, 11) is 0. The van der Waals surface area contributed by atoms with Gasteiger partial charge >= 0.3 is 0 Å². The zero-order valence-corrected chi connectivity index (χ0v) is 12.6. The van der Waals surface area contributed by atoms with Gasteiger partial charge in [-0.2, -0.15) is 0 Å². The quantitative estimate of drug-likeness (QED) is 0.830. The summed E-state index contributed by atoms with van der Waals surface area (Å²) in [6, 6.07) is 3.68. The van der Waals surface area contributed by atoms with E-state index in [1.54, 1.807) is 12.1 Å². The first-order chi connectivity index (χ1) is 8.20. The molecule has 3 nitrogen and oxygen atoms in total. The van der Waals surface area contributed by atoms with E-state index in [0.717, 1.165) is 11.8 Å². The summed E-state index contributed by atoms with van der Waals surface area (Å²) >= 11 is 6.72. The molecule has 1 heterocycles. The van der Waals surface area contributed by atoms with Crippen molar-refractivity contribution in [3.8, 4) is 0 Å². The van der Waals surface area contributed by atoms with Crippen LogP contribution in [0.1, 0.15) is 36.2 Å². The van der Waals surface area contributed by atoms with E-state index in [9.17, 15) is 4.79 Å². The van der Waals surface area contributed by atoms with Crippen LogP contribution in [-0.2, 0) is 0 Å². The van der Waals surface area contributed by atoms with E-state index in [0.29, 0.717) is 16.3 Å². The molecule has 0 aromatic carbocycles. The molecule has 1 fully saturated rings. The van der Waals surface area contributed by atoms with Crippen molar-refractivity contribution < 1.29 is 9.21 Å². The minimum Gasteiger partial charge on any atom is -0.444 e. The van der Waals surface area contributed by atoms with Crippen LogP contribution < -0.4 is 5.32 Å². The van der Waals surface area contributed by atoms with Gasteiger partial charge in [0.25, 0.3) is 5.91 Å². The number of carbonyl (C=O) groups is 1. The molecule has 1 amide bonds. The molecule has 0 radical (unpaired) electrons. The summed E-state index contributed by atoms with van der Waals surface area (Å²) < 4.78 is 5.84. The lowest BCUT2D eigenvalue weighted by atomic mass is 9.86. The van der Waals surface area contributed by atoms with Crippen LogP contribution in [0.25, 0.3) is 0 Å². The molecule has 2 unspecified atom stereocenters. The maximum absolute atomic E-state index is 11.9. The minimum absolute atomic E-state index is 0.117. The Kier molecular flexibility index (Phi) is 4.68. The molecule has 1 aliphatic rings. The smallest absolute Gasteiger partial charge is 0.287 e. The van der Waals surface area contributed by atoms with Crippen LogP contribution in [0.15, 0.2) is 21.2 Å². The lowest BCUT2D eigenvalue weighted by Crippen LogP contribution is -2.42. The van der Waals surface area contributed by atoms with Gasteiger partial charge in [0.2, 0.25) is 0 Å². The summed E-state index contributed by atoms with van der Waals surface area (Å²) in [5, 5.41) is 4.01. The molecule has 17 heavy (non-hydrogen) atoms. The number of amides is 1. The van der Waals surface area contributed by atoms with Crippen LogP contribution in [0, 0.1) is 5.92 Å². The number of rotatable bonds is 3. The van der Waals surface area contributed by atoms with Crippen molar-refractivity contribution in [2.24, 2.45) is 5.92 Å². The van der Waals surface area contributed by atoms with E-state index < -0.39 is 0 Å². The highest BCUT2D eigenvalue weighted by atomic mass is 79.9. The molecule has 5 heteroatoms. The molecule has 1 N–H and O–H groups in total. The predicted molar refractivity (Wildman–Crippen MR) is 73.4 cm³/mol. The largest absolute Gasteiger partial charge is 0.444 e. The Bertz CT molecular complexity index is 392. The zero-order valence-electron chi connectivity index (χ0n) is 9.42. The number of halogens is 2. The SMILES string of the molecule is O=C(NC1CCCCC1CBr)c1ccc(Br)o1. The van der Waals surface area contributed by atoms with Crippen molar-refractivity contribution in [2.45, 2.75) is 31.7 Å². The van der Waals surface area contributed by atoms with Gasteiger partial charge in [-0.05, 0) is 46.8 Å². The molecule has 0 aliphatic heterocycles. The second kappa shape index (κ2) is 6.05. The molecule has 0 spiro atoms. The van der Waals surface area contributed by atoms with Crippen LogP contribution in [0.2, 0.25) is 0 Å². The summed E-state index contributed by atoms with van der Waals surface area (Å²) in [5.74, 6) is 0.787. The molecule has 2 atom stereocenters. The summed E-state index contributed by atoms with van der Waals surface area (Å²) in [4.78, 5) is 11.9. The van der Waals surface area contributed by atoms with Gasteiger partial charge < -0.3 is 9.73 Å². The summed E-state index contributed by atoms with van der Waals surface area (Å²) in [6.07, 6.45) is 4.69. The summed E-state index contributed by atoms with van der Waals surface area (Å²) in [5.41, 5.74) is 0. The monoisotopic (exact) mass is 363 g/mol. The number of furan rings is 1. The lowest BCUT2D eigenvalue weighted by Gasteiger charge is -2.30. The Morgan fingerprint density at radius 1 is 1.41 bits per heavy atom. The van der Waals surface area contributed by atoms with Crippen LogP contribution >= 0.6 is 31.9 Å². The van der Waals surface area contributed by atoms with Gasteiger partial charge in [-0.15, -0.1) is 0 Å². The van der Waals surface area contributed by atoms with Crippen molar-refractivity contribution >= 4 is 37.8 Å². The van der Waals surface area contributed by atoms with Gasteiger partial charge in [-0.3, -0.25) is 4.79 Å². The maximum Gasteiger partial charge on any atom is 0.287 e. The minimum atomic E-state index is -0.117. The van der Waals surface area contributed by atoms with Gasteiger partial charge in [-0.25, -0.2) is 0 Å². The first-order valence-electron chi connectivity index (χ1n) is 5.83. The highest BCUT2D eigenvalue weighted by Gasteiger charge is 2.26. The van der Waals surface area contributed by atoms with Gasteiger partial charge in [0.05, 0.1) is 0 Å². The Morgan fingerprint density at radius 2 is 2.18 bits per heavy atom. The molecular weight excluding hydrogens is 350 g/mol. The van der Waals surface area contributed by atoms with E-state index >= 15 is 0 Å². The third-order valence-electron chi connectivity index (χ3n) is 3.22. The number of hydrogen-bond acceptors (Lipinski definition) is 2. The van der Waals surface area contributed by atoms with Gasteiger partial charge in [0.1, 0.15) is 0 Å². The second-order valence-corrected chi connectivity index (χ2v) is 5.81. The van der Waals surface area contributed by atoms with Crippen LogP contribution in [0.3, 0.4) is 0 Å². The molecule has 0 saturated heterocycles. The van der Waals surface area contributed by atoms with E-state index in [1.807, 2.05) is 0 Å². The predicted octanol–water partition coefficient (Wildman–Crippen LogP) is 3.73. The van der Waals surface area contributed by atoms with Crippen LogP contribution in [-0.4, -0.2) is 17.3 Å². The highest BCUT2D eigenvalue weighted by molar-refractivity contribution is 9.10. The Morgan fingerprint density at radius 3 is 2.82 bits per heavy atom. The third kappa shape index (κ3) is 3.35. The van der Waals surface area contributed by atoms with E-state index in [-0.39, 0.29) is 11.9 Å². The third-order valence-corrected chi connectivity index (χ3v) is 4.48. The Hall–Kier alpha value is -0.290. The topological polar surface area (TPSA) is 42.2 Å². The number of hydrogen-bond donors (Lipinski definition) is 1. The van der Waals surface area contributed by atoms with E-state index in [1.165, 1.54) is 19.3 Å². The van der Waals surface area contributed by atoms with E-state index in [2.05, 4.69) is 37.2 Å². The Labute approximate surface area is 118 Å². The molecule has 0 bridgehead atoms. The van der Waals surface area contributed by atoms with Gasteiger partial charge in [-0.1, -0.05) is 28.8 Å². The van der Waals surface area contributed by atoms with Crippen molar-refractivity contribution in [2.75, 3.05) is 5.33 Å². The Balaban J connectivity index is 1.97. The van der Waals surface area contributed by atoms with E-state index in [4.69, 9.17) is 4.42 Å². The molecule has 1 aromatic heterocycles. The number of carbonyl (C=O) groups excluding carboxylic acids is 1. The van der Waals surface area contributed by atoms with Gasteiger partial charge in [0.15, 0.2) is 10.4 Å². The van der Waals surface area contributed by atoms with Crippen LogP contribution in [0.4, 0.5) is 0 Å². The fourth-order valence-electron chi connectivity index (χ4n) is 2.26. The molecule has 1 aromatic rings. The molecular formula is C12H15Br2NO2. The molecule has 1 aliphatic carbocycles. The average Bonchev–Trinajstić information content (AvgIpc) is 2.77. The fraction of sp³-hybridized carbons (Fsp3) is 0.583. The standard InChI is InChI=1S/C12H15Br2NO2/c13-7-8-3-1-2-4-9(8)15-12(16)10-5-6-11(14)17-10/h5-6,8-9H,1-4,7H2,(H,15,16). The first-order valence-corrected chi connectivity index (χ1v) is 7.74. The zero-order chi connectivity index (χ0) is 12.3. The van der Waals surface area contributed by atoms with Gasteiger partial charge in [0, 0.05) is 11.4 Å². The number of nitrogens with one attached hydrogen (secondary N) is 1. The molecule has 94 valence electrons. The average molecular weight is 365 g/mol. The first kappa shape index (κ1) is 13.1. The molecule has 1 saturated carbocycles. The lowest BCUT2D eigenvalue weighted by molar-refractivity contribution is 0.0882. The summed E-state index contributed by atoms with van der Waals surface area (Å²) in [6.45, 7) is 0. The molecule has 2 rings (SSSR count). The van der Waals surface area contributed by atoms with Crippen LogP contribution in [0.5, 0.6) is 0 Å². The fourth-order valence-corrected chi connectivity index (χ4v) is 3.34. The maximum atomic E-state index is 11.9. The highest BCUT2D eigenvalue weighted by Crippen LogP contribution is 2.26. The normalized spacial score (nSPS) is 24.6. The number of alkyl halides is 1. The van der Waals surface area contributed by atoms with Crippen molar-refractivity contribution in [1.82, 2.24) is 5.32 Å². The van der Waals surface area contributed by atoms with Crippen molar-refractivity contribution in [3.63, 3.8) is 0 Å². The second-order valence-electron chi connectivity index (χ2n) is 4.38. The van der Waals surface area contributed by atoms with Crippen molar-refractivity contribution in [3.05, 3.63) is 22.6 Å². The van der Waals surface area contributed by atoms with Crippen molar-refractivity contribution in [1.29, 1.82) is 0 Å².